The van der Waals surface area contributed by atoms with Crippen LogP contribution in [0.3, 0.4) is 0 Å². The van der Waals surface area contributed by atoms with Gasteiger partial charge in [0.15, 0.2) is 0 Å². The van der Waals surface area contributed by atoms with E-state index < -0.39 is 6.10 Å². The molecule has 1 aromatic rings. The van der Waals surface area contributed by atoms with E-state index in [9.17, 15) is 9.90 Å². The molecule has 1 aromatic heterocycles. The number of hydrogen-bond acceptors (Lipinski definition) is 5. The van der Waals surface area contributed by atoms with E-state index in [0.29, 0.717) is 4.88 Å². The molecule has 5 nitrogen and oxygen atoms in total. The summed E-state index contributed by atoms with van der Waals surface area (Å²) in [5, 5.41) is 26.0. The number of unbranched alkanes of at least 4 members (excludes halogenated alkanes) is 13. The second-order valence-corrected chi connectivity index (χ2v) is 9.18. The first-order chi connectivity index (χ1) is 14.7. The number of aliphatic hydroxyl groups is 2. The van der Waals surface area contributed by atoms with Gasteiger partial charge in [0.1, 0.15) is 0 Å². The fourth-order valence-corrected chi connectivity index (χ4v) is 4.24. The van der Waals surface area contributed by atoms with Gasteiger partial charge in [-0.25, -0.2) is 0 Å². The highest BCUT2D eigenvalue weighted by atomic mass is 32.1. The van der Waals surface area contributed by atoms with Gasteiger partial charge in [0.25, 0.3) is 5.91 Å². The summed E-state index contributed by atoms with van der Waals surface area (Å²) in [5.74, 6) is -0.211. The van der Waals surface area contributed by atoms with E-state index in [4.69, 9.17) is 5.11 Å². The zero-order chi connectivity index (χ0) is 21.9. The molecule has 0 saturated heterocycles. The van der Waals surface area contributed by atoms with Crippen molar-refractivity contribution in [3.05, 3.63) is 16.3 Å². The lowest BCUT2D eigenvalue weighted by Gasteiger charge is -2.07. The van der Waals surface area contributed by atoms with Crippen molar-refractivity contribution in [3.8, 4) is 0 Å². The van der Waals surface area contributed by atoms with E-state index in [0.717, 1.165) is 18.7 Å². The monoisotopic (exact) mass is 440 g/mol. The maximum atomic E-state index is 12.0. The first-order valence-corrected chi connectivity index (χ1v) is 12.9. The summed E-state index contributed by atoms with van der Waals surface area (Å²) in [6.07, 6.45) is 18.2. The Balaban J connectivity index is 1.91. The molecule has 1 atom stereocenters. The molecule has 0 aliphatic carbocycles. The minimum Gasteiger partial charge on any atom is -0.394 e. The predicted molar refractivity (Wildman–Crippen MR) is 129 cm³/mol. The molecule has 0 bridgehead atoms. The van der Waals surface area contributed by atoms with Crippen molar-refractivity contribution in [2.24, 2.45) is 0 Å². The zero-order valence-corrected chi connectivity index (χ0v) is 19.8. The summed E-state index contributed by atoms with van der Waals surface area (Å²) in [5.41, 5.74) is 0.975. The molecule has 1 amide bonds. The Morgan fingerprint density at radius 1 is 0.933 bits per heavy atom. The van der Waals surface area contributed by atoms with Gasteiger partial charge < -0.3 is 20.8 Å². The number of anilines is 1. The molecule has 30 heavy (non-hydrogen) atoms. The number of thiophene rings is 1. The Morgan fingerprint density at radius 3 is 2.00 bits per heavy atom. The van der Waals surface area contributed by atoms with E-state index in [1.54, 1.807) is 0 Å². The third-order valence-corrected chi connectivity index (χ3v) is 6.32. The molecule has 0 fully saturated rings. The van der Waals surface area contributed by atoms with Crippen LogP contribution in [0.15, 0.2) is 11.4 Å². The van der Waals surface area contributed by atoms with Crippen LogP contribution < -0.4 is 10.6 Å². The molecule has 1 rings (SSSR count). The number of aliphatic hydroxyl groups excluding tert-OH is 2. The van der Waals surface area contributed by atoms with Gasteiger partial charge in [-0.05, 0) is 12.5 Å². The highest BCUT2D eigenvalue weighted by Gasteiger charge is 2.10. The summed E-state index contributed by atoms with van der Waals surface area (Å²) in [7, 11) is 0. The molecule has 0 spiro atoms. The molecular weight excluding hydrogens is 396 g/mol. The van der Waals surface area contributed by atoms with Gasteiger partial charge in [-0.3, -0.25) is 4.79 Å². The summed E-state index contributed by atoms with van der Waals surface area (Å²) < 4.78 is 0. The number of carbonyl (C=O) groups is 1. The summed E-state index contributed by atoms with van der Waals surface area (Å²) in [4.78, 5) is 12.6. The maximum Gasteiger partial charge on any atom is 0.261 e. The third-order valence-electron chi connectivity index (χ3n) is 5.39. The van der Waals surface area contributed by atoms with Gasteiger partial charge in [-0.2, -0.15) is 0 Å². The van der Waals surface area contributed by atoms with E-state index in [-0.39, 0.29) is 19.1 Å². The van der Waals surface area contributed by atoms with Crippen molar-refractivity contribution in [1.29, 1.82) is 0 Å². The fraction of sp³-hybridized carbons (Fsp3) is 0.792. The Morgan fingerprint density at radius 2 is 1.47 bits per heavy atom. The predicted octanol–water partition coefficient (Wildman–Crippen LogP) is 5.72. The van der Waals surface area contributed by atoms with Crippen LogP contribution in [0.1, 0.15) is 106 Å². The Bertz CT molecular complexity index is 536. The normalized spacial score (nSPS) is 12.1. The number of amides is 1. The molecule has 6 heteroatoms. The van der Waals surface area contributed by atoms with Gasteiger partial charge in [0, 0.05) is 24.2 Å². The first kappa shape index (κ1) is 26.9. The standard InChI is InChI=1S/C24H44N2O3S/c1-2-3-4-5-6-7-8-9-10-11-12-13-14-15-16-25-21-17-23(30-20-21)24(29)26-18-22(28)19-27/h17,20,22,25,27-28H,2-16,18-19H2,1H3,(H,26,29). The topological polar surface area (TPSA) is 81.6 Å². The number of carbonyl (C=O) groups excluding carboxylic acids is 1. The smallest absolute Gasteiger partial charge is 0.261 e. The minimum absolute atomic E-state index is 0.0645. The van der Waals surface area contributed by atoms with Gasteiger partial charge in [0.05, 0.1) is 17.6 Å². The highest BCUT2D eigenvalue weighted by molar-refractivity contribution is 7.12. The van der Waals surface area contributed by atoms with Crippen molar-refractivity contribution in [3.63, 3.8) is 0 Å². The van der Waals surface area contributed by atoms with Crippen LogP contribution in [0, 0.1) is 0 Å². The van der Waals surface area contributed by atoms with Gasteiger partial charge in [0.2, 0.25) is 0 Å². The largest absolute Gasteiger partial charge is 0.394 e. The van der Waals surface area contributed by atoms with E-state index in [2.05, 4.69) is 17.6 Å². The van der Waals surface area contributed by atoms with Crippen LogP contribution in [0.4, 0.5) is 5.69 Å². The lowest BCUT2D eigenvalue weighted by molar-refractivity contribution is 0.0804. The van der Waals surface area contributed by atoms with Crippen molar-refractivity contribution in [2.75, 3.05) is 25.0 Å². The number of hydrogen-bond donors (Lipinski definition) is 4. The van der Waals surface area contributed by atoms with Crippen LogP contribution in [0.25, 0.3) is 0 Å². The van der Waals surface area contributed by atoms with Crippen LogP contribution in [-0.2, 0) is 0 Å². The average molecular weight is 441 g/mol. The summed E-state index contributed by atoms with van der Waals surface area (Å²) in [6.45, 7) is 2.92. The quantitative estimate of drug-likeness (QED) is 0.195. The summed E-state index contributed by atoms with van der Waals surface area (Å²) in [6, 6.07) is 1.84. The van der Waals surface area contributed by atoms with Crippen LogP contribution >= 0.6 is 11.3 Å². The molecular formula is C24H44N2O3S. The SMILES string of the molecule is CCCCCCCCCCCCCCCCNc1csc(C(=O)NCC(O)CO)c1. The minimum atomic E-state index is -0.910. The molecule has 174 valence electrons. The summed E-state index contributed by atoms with van der Waals surface area (Å²) >= 11 is 1.39. The number of rotatable bonds is 20. The highest BCUT2D eigenvalue weighted by Crippen LogP contribution is 2.19. The molecule has 0 saturated carbocycles. The lowest BCUT2D eigenvalue weighted by atomic mass is 10.0. The molecule has 0 aromatic carbocycles. The van der Waals surface area contributed by atoms with E-state index in [1.807, 2.05) is 11.4 Å². The molecule has 1 unspecified atom stereocenters. The van der Waals surface area contributed by atoms with Crippen LogP contribution in [-0.4, -0.2) is 41.9 Å². The average Bonchev–Trinajstić information content (AvgIpc) is 3.23. The molecule has 0 aliphatic rings. The molecule has 0 aliphatic heterocycles. The molecule has 4 N–H and O–H groups in total. The van der Waals surface area contributed by atoms with Crippen LogP contribution in [0.2, 0.25) is 0 Å². The second kappa shape index (κ2) is 18.6. The Labute approximate surface area is 187 Å². The zero-order valence-electron chi connectivity index (χ0n) is 19.0. The molecule has 0 radical (unpaired) electrons. The first-order valence-electron chi connectivity index (χ1n) is 12.1. The van der Waals surface area contributed by atoms with Crippen molar-refractivity contribution in [2.45, 2.75) is 103 Å². The van der Waals surface area contributed by atoms with Crippen molar-refractivity contribution < 1.29 is 15.0 Å². The van der Waals surface area contributed by atoms with Crippen molar-refractivity contribution >= 4 is 22.9 Å². The van der Waals surface area contributed by atoms with Gasteiger partial charge in [-0.1, -0.05) is 90.4 Å². The Kier molecular flexibility index (Phi) is 16.7. The van der Waals surface area contributed by atoms with E-state index in [1.165, 1.54) is 94.8 Å². The second-order valence-electron chi connectivity index (χ2n) is 8.27. The fourth-order valence-electron chi connectivity index (χ4n) is 3.46. The number of nitrogens with one attached hydrogen (secondary N) is 2. The van der Waals surface area contributed by atoms with Crippen LogP contribution in [0.5, 0.6) is 0 Å². The third kappa shape index (κ3) is 14.0. The molecule has 1 heterocycles. The maximum absolute atomic E-state index is 12.0. The van der Waals surface area contributed by atoms with Crippen molar-refractivity contribution in [1.82, 2.24) is 5.32 Å². The van der Waals surface area contributed by atoms with Gasteiger partial charge >= 0.3 is 0 Å². The lowest BCUT2D eigenvalue weighted by Crippen LogP contribution is -2.33. The van der Waals surface area contributed by atoms with Gasteiger partial charge in [-0.15, -0.1) is 11.3 Å². The van der Waals surface area contributed by atoms with E-state index >= 15 is 0 Å². The Hall–Kier alpha value is -1.11.